The Balaban J connectivity index is 1.70. The smallest absolute Gasteiger partial charge is 0.342 e. The van der Waals surface area contributed by atoms with Gasteiger partial charge in [0.25, 0.3) is 0 Å². The number of methoxy groups -OCH3 is 1. The lowest BCUT2D eigenvalue weighted by molar-refractivity contribution is -0.114. The van der Waals surface area contributed by atoms with Crippen LogP contribution >= 0.6 is 7.52 Å². The van der Waals surface area contributed by atoms with E-state index in [-0.39, 0.29) is 19.0 Å². The molecule has 0 saturated carbocycles. The maximum Gasteiger partial charge on any atom is 0.342 e. The molecular formula is C22H33N6O5P. The fourth-order valence-corrected chi connectivity index (χ4v) is 4.83. The minimum absolute atomic E-state index is 0.156. The Kier molecular flexibility index (Phi) is 9.37. The average Bonchev–Trinajstić information content (AvgIpc) is 3.24. The van der Waals surface area contributed by atoms with E-state index >= 15 is 0 Å². The molecule has 0 spiro atoms. The highest BCUT2D eigenvalue weighted by Crippen LogP contribution is 2.43. The van der Waals surface area contributed by atoms with Gasteiger partial charge in [-0.15, -0.1) is 0 Å². The van der Waals surface area contributed by atoms with Crippen molar-refractivity contribution >= 4 is 24.5 Å². The third-order valence-electron chi connectivity index (χ3n) is 5.09. The molecule has 2 unspecified atom stereocenters. The van der Waals surface area contributed by atoms with Crippen molar-refractivity contribution in [1.82, 2.24) is 24.6 Å². The molecule has 0 aliphatic carbocycles. The zero-order valence-corrected chi connectivity index (χ0v) is 20.9. The van der Waals surface area contributed by atoms with Gasteiger partial charge < -0.3 is 29.0 Å². The van der Waals surface area contributed by atoms with E-state index in [2.05, 4.69) is 20.0 Å². The number of nitrogen functional groups attached to an aromatic ring is 1. The van der Waals surface area contributed by atoms with Crippen LogP contribution in [0, 0.1) is 0 Å². The van der Waals surface area contributed by atoms with Gasteiger partial charge in [0.1, 0.15) is 23.9 Å². The summed E-state index contributed by atoms with van der Waals surface area (Å²) < 4.78 is 38.2. The molecule has 3 rings (SSSR count). The number of anilines is 1. The van der Waals surface area contributed by atoms with E-state index in [9.17, 15) is 4.57 Å². The van der Waals surface area contributed by atoms with Crippen LogP contribution in [0.3, 0.4) is 0 Å². The second kappa shape index (κ2) is 12.2. The van der Waals surface area contributed by atoms with Crippen molar-refractivity contribution in [3.63, 3.8) is 0 Å². The Bertz CT molecular complexity index is 1110. The predicted octanol–water partition coefficient (Wildman–Crippen LogP) is 3.20. The largest absolute Gasteiger partial charge is 0.431 e. The average molecular weight is 493 g/mol. The first-order chi connectivity index (χ1) is 16.4. The summed E-state index contributed by atoms with van der Waals surface area (Å²) in [5, 5.41) is 2.97. The van der Waals surface area contributed by atoms with Crippen molar-refractivity contribution in [2.45, 2.75) is 46.1 Å². The van der Waals surface area contributed by atoms with Crippen molar-refractivity contribution in [2.24, 2.45) is 0 Å². The third kappa shape index (κ3) is 6.97. The van der Waals surface area contributed by atoms with Gasteiger partial charge >= 0.3 is 7.52 Å². The number of nitrogens with zero attached hydrogens (tertiary/aromatic N) is 4. The number of rotatable bonds is 14. The fourth-order valence-electron chi connectivity index (χ4n) is 3.29. The van der Waals surface area contributed by atoms with E-state index in [1.165, 1.54) is 13.4 Å². The standard InChI is InChI=1S/C22H33N6O5P/c1-5-17-8-7-9-18(10-17)33-34(29,27-11-19(30-4)31-6-2)15-32-16(3)12-28-14-26-20-21(23)24-13-25-22(20)28/h7-10,13-14,16,19H,5-6,11-12,15H2,1-4H3,(H,27,29)(H2,23,24,25)/t16-,19?,34?/m1/s1. The molecule has 11 nitrogen and oxygen atoms in total. The van der Waals surface area contributed by atoms with Crippen molar-refractivity contribution < 1.29 is 23.3 Å². The number of hydrogen-bond acceptors (Lipinski definition) is 9. The molecule has 0 aliphatic rings. The number of benzene rings is 1. The molecule has 0 fully saturated rings. The van der Waals surface area contributed by atoms with Crippen molar-refractivity contribution in [3.8, 4) is 5.75 Å². The molecule has 3 N–H and O–H groups in total. The second-order valence-corrected chi connectivity index (χ2v) is 9.79. The first-order valence-corrected chi connectivity index (χ1v) is 13.0. The molecule has 2 heterocycles. The molecule has 186 valence electrons. The summed E-state index contributed by atoms with van der Waals surface area (Å²) in [4.78, 5) is 12.5. The predicted molar refractivity (Wildman–Crippen MR) is 130 cm³/mol. The van der Waals surface area contributed by atoms with Crippen LogP contribution in [0.25, 0.3) is 11.2 Å². The number of ether oxygens (including phenoxy) is 3. The van der Waals surface area contributed by atoms with Gasteiger partial charge in [-0.2, -0.15) is 0 Å². The molecular weight excluding hydrogens is 459 g/mol. The Hall–Kier alpha value is -2.56. The summed E-state index contributed by atoms with van der Waals surface area (Å²) in [5.74, 6) is 0.820. The summed E-state index contributed by atoms with van der Waals surface area (Å²) in [6.07, 6.45) is 2.82. The quantitative estimate of drug-likeness (QED) is 0.255. The van der Waals surface area contributed by atoms with E-state index in [4.69, 9.17) is 24.5 Å². The number of nitrogens with one attached hydrogen (secondary N) is 1. The van der Waals surface area contributed by atoms with Crippen LogP contribution in [0.2, 0.25) is 0 Å². The number of nitrogens with two attached hydrogens (primary N) is 1. The molecule has 0 radical (unpaired) electrons. The highest BCUT2D eigenvalue weighted by Gasteiger charge is 2.28. The topological polar surface area (TPSA) is 136 Å². The molecule has 34 heavy (non-hydrogen) atoms. The highest BCUT2D eigenvalue weighted by molar-refractivity contribution is 7.57. The zero-order chi connectivity index (χ0) is 24.6. The lowest BCUT2D eigenvalue weighted by Gasteiger charge is -2.25. The van der Waals surface area contributed by atoms with Gasteiger partial charge in [0, 0.05) is 13.7 Å². The van der Waals surface area contributed by atoms with Crippen LogP contribution in [0.4, 0.5) is 5.82 Å². The Morgan fingerprint density at radius 3 is 2.76 bits per heavy atom. The Morgan fingerprint density at radius 2 is 2.03 bits per heavy atom. The summed E-state index contributed by atoms with van der Waals surface area (Å²) in [5.41, 5.74) is 8.08. The van der Waals surface area contributed by atoms with Crippen LogP contribution in [0.15, 0.2) is 36.9 Å². The van der Waals surface area contributed by atoms with Crippen LogP contribution in [-0.2, 0) is 31.7 Å². The lowest BCUT2D eigenvalue weighted by atomic mass is 10.2. The van der Waals surface area contributed by atoms with Crippen LogP contribution in [0.1, 0.15) is 26.3 Å². The van der Waals surface area contributed by atoms with E-state index < -0.39 is 13.8 Å². The monoisotopic (exact) mass is 492 g/mol. The maximum absolute atomic E-state index is 13.7. The van der Waals surface area contributed by atoms with E-state index in [1.54, 1.807) is 12.4 Å². The van der Waals surface area contributed by atoms with Gasteiger partial charge in [-0.3, -0.25) is 4.57 Å². The molecule has 3 aromatic rings. The normalized spacial score (nSPS) is 15.2. The third-order valence-corrected chi connectivity index (χ3v) is 6.75. The van der Waals surface area contributed by atoms with Crippen LogP contribution < -0.4 is 15.3 Å². The van der Waals surface area contributed by atoms with Crippen LogP contribution in [0.5, 0.6) is 5.75 Å². The highest BCUT2D eigenvalue weighted by atomic mass is 31.2. The first-order valence-electron chi connectivity index (χ1n) is 11.2. The number of fused-ring (bicyclic) bond motifs is 1. The molecule has 3 atom stereocenters. The SMILES string of the molecule is CCOC(CNP(=O)(CO[C@H](C)Cn1cnc2c(N)ncnc21)Oc1cccc(CC)c1)OC. The Labute approximate surface area is 199 Å². The molecule has 0 bridgehead atoms. The first kappa shape index (κ1) is 26.1. The number of hydrogen-bond donors (Lipinski definition) is 2. The molecule has 0 amide bonds. The summed E-state index contributed by atoms with van der Waals surface area (Å²) in [6.45, 7) is 6.85. The van der Waals surface area contributed by atoms with Gasteiger partial charge in [0.15, 0.2) is 17.8 Å². The molecule has 0 saturated heterocycles. The van der Waals surface area contributed by atoms with Gasteiger partial charge in [0.05, 0.1) is 25.5 Å². The minimum atomic E-state index is -3.46. The van der Waals surface area contributed by atoms with Gasteiger partial charge in [-0.25, -0.2) is 20.0 Å². The second-order valence-electron chi connectivity index (χ2n) is 7.68. The van der Waals surface area contributed by atoms with E-state index in [0.717, 1.165) is 12.0 Å². The molecule has 2 aromatic heterocycles. The maximum atomic E-state index is 13.7. The Morgan fingerprint density at radius 1 is 1.21 bits per heavy atom. The number of imidazole rings is 1. The van der Waals surface area contributed by atoms with E-state index in [0.29, 0.717) is 35.9 Å². The molecule has 0 aliphatic heterocycles. The lowest BCUT2D eigenvalue weighted by Crippen LogP contribution is -2.32. The number of aryl methyl sites for hydroxylation is 1. The molecule has 12 heteroatoms. The summed E-state index contributed by atoms with van der Waals surface area (Å²) in [6, 6.07) is 7.51. The minimum Gasteiger partial charge on any atom is -0.431 e. The molecule has 1 aromatic carbocycles. The van der Waals surface area contributed by atoms with Crippen molar-refractivity contribution in [2.75, 3.05) is 32.3 Å². The summed E-state index contributed by atoms with van der Waals surface area (Å²) >= 11 is 0. The number of aromatic nitrogens is 4. The van der Waals surface area contributed by atoms with Gasteiger partial charge in [-0.1, -0.05) is 19.1 Å². The summed E-state index contributed by atoms with van der Waals surface area (Å²) in [7, 11) is -1.93. The fraction of sp³-hybridized carbons (Fsp3) is 0.500. The van der Waals surface area contributed by atoms with Crippen molar-refractivity contribution in [1.29, 1.82) is 0 Å². The zero-order valence-electron chi connectivity index (χ0n) is 20.0. The van der Waals surface area contributed by atoms with Crippen molar-refractivity contribution in [3.05, 3.63) is 42.5 Å². The van der Waals surface area contributed by atoms with Gasteiger partial charge in [0.2, 0.25) is 0 Å². The van der Waals surface area contributed by atoms with Gasteiger partial charge in [-0.05, 0) is 38.0 Å². The van der Waals surface area contributed by atoms with E-state index in [1.807, 2.05) is 43.5 Å². The van der Waals surface area contributed by atoms with Crippen LogP contribution in [-0.4, -0.2) is 58.5 Å².